The molecule has 17 heavy (non-hydrogen) atoms. The summed E-state index contributed by atoms with van der Waals surface area (Å²) in [5.74, 6) is -0.221. The van der Waals surface area contributed by atoms with Gasteiger partial charge >= 0.3 is 5.97 Å². The van der Waals surface area contributed by atoms with E-state index in [4.69, 9.17) is 9.68 Å². The average molecular weight is 227 g/mol. The van der Waals surface area contributed by atoms with Crippen molar-refractivity contribution < 1.29 is 13.9 Å². The topological polar surface area (TPSA) is 63.2 Å². The second kappa shape index (κ2) is 4.54. The Kier molecular flexibility index (Phi) is 2.93. The molecule has 84 valence electrons. The number of nitrogens with zero attached hydrogens (tertiary/aromatic N) is 1. The van der Waals surface area contributed by atoms with E-state index >= 15 is 0 Å². The van der Waals surface area contributed by atoms with Gasteiger partial charge in [-0.15, -0.1) is 0 Å². The molecule has 2 rings (SSSR count). The van der Waals surface area contributed by atoms with Crippen LogP contribution in [0.3, 0.4) is 0 Å². The van der Waals surface area contributed by atoms with Crippen LogP contribution < -0.4 is 0 Å². The maximum atomic E-state index is 11.2. The van der Waals surface area contributed by atoms with E-state index in [1.807, 2.05) is 24.3 Å². The lowest BCUT2D eigenvalue weighted by molar-refractivity contribution is -0.135. The van der Waals surface area contributed by atoms with Gasteiger partial charge in [-0.05, 0) is 12.1 Å². The van der Waals surface area contributed by atoms with Crippen LogP contribution in [0.25, 0.3) is 17.0 Å². The molecule has 4 nitrogen and oxygen atoms in total. The van der Waals surface area contributed by atoms with E-state index in [1.165, 1.54) is 13.2 Å². The van der Waals surface area contributed by atoms with Gasteiger partial charge in [-0.3, -0.25) is 0 Å². The Labute approximate surface area is 97.7 Å². The van der Waals surface area contributed by atoms with Crippen molar-refractivity contribution in [2.45, 2.75) is 0 Å². The summed E-state index contributed by atoms with van der Waals surface area (Å²) in [6, 6.07) is 11.0. The predicted octanol–water partition coefficient (Wildman–Crippen LogP) is 2.51. The highest BCUT2D eigenvalue weighted by molar-refractivity contribution is 5.98. The molecule has 2 aromatic rings. The number of fused-ring (bicyclic) bond motifs is 1. The number of methoxy groups -OCH3 is 1. The molecule has 0 unspecified atom stereocenters. The van der Waals surface area contributed by atoms with Crippen LogP contribution in [-0.4, -0.2) is 13.1 Å². The second-order valence-corrected chi connectivity index (χ2v) is 3.35. The number of hydrogen-bond donors (Lipinski definition) is 0. The SMILES string of the molecule is COC(=O)C(C#N)=Cc1cc2ccccc2o1. The summed E-state index contributed by atoms with van der Waals surface area (Å²) in [4.78, 5) is 11.2. The van der Waals surface area contributed by atoms with E-state index in [0.717, 1.165) is 5.39 Å². The third kappa shape index (κ3) is 2.18. The van der Waals surface area contributed by atoms with E-state index in [0.29, 0.717) is 11.3 Å². The van der Waals surface area contributed by atoms with Crippen LogP contribution in [0.1, 0.15) is 5.76 Å². The summed E-state index contributed by atoms with van der Waals surface area (Å²) in [6.07, 6.45) is 1.37. The Balaban J connectivity index is 2.44. The van der Waals surface area contributed by atoms with Crippen LogP contribution in [0.5, 0.6) is 0 Å². The first-order chi connectivity index (χ1) is 8.24. The number of para-hydroxylation sites is 1. The molecule has 0 aliphatic heterocycles. The largest absolute Gasteiger partial charge is 0.465 e. The fourth-order valence-electron chi connectivity index (χ4n) is 1.46. The standard InChI is InChI=1S/C13H9NO3/c1-16-13(15)10(8-14)7-11-6-9-4-2-3-5-12(9)17-11/h2-7H,1H3. The first kappa shape index (κ1) is 11.0. The molecule has 4 heteroatoms. The molecule has 1 aromatic heterocycles. The lowest BCUT2D eigenvalue weighted by Gasteiger charge is -1.93. The van der Waals surface area contributed by atoms with Gasteiger partial charge in [0.25, 0.3) is 0 Å². The van der Waals surface area contributed by atoms with Crippen LogP contribution in [0.2, 0.25) is 0 Å². The van der Waals surface area contributed by atoms with Gasteiger partial charge in [0.2, 0.25) is 0 Å². The maximum absolute atomic E-state index is 11.2. The number of benzene rings is 1. The summed E-state index contributed by atoms with van der Waals surface area (Å²) < 4.78 is 9.94. The summed E-state index contributed by atoms with van der Waals surface area (Å²) in [5, 5.41) is 9.72. The van der Waals surface area contributed by atoms with E-state index in [9.17, 15) is 4.79 Å². The van der Waals surface area contributed by atoms with Crippen molar-refractivity contribution in [3.8, 4) is 6.07 Å². The number of carbonyl (C=O) groups is 1. The molecule has 0 amide bonds. The molecule has 0 atom stereocenters. The molecule has 1 aromatic carbocycles. The van der Waals surface area contributed by atoms with Crippen LogP contribution in [-0.2, 0) is 9.53 Å². The van der Waals surface area contributed by atoms with Crippen molar-refractivity contribution in [1.82, 2.24) is 0 Å². The van der Waals surface area contributed by atoms with Crippen LogP contribution >= 0.6 is 0 Å². The zero-order valence-corrected chi connectivity index (χ0v) is 9.14. The minimum atomic E-state index is -0.673. The van der Waals surface area contributed by atoms with Gasteiger partial charge in [-0.2, -0.15) is 5.26 Å². The number of nitriles is 1. The maximum Gasteiger partial charge on any atom is 0.348 e. The molecule has 0 N–H and O–H groups in total. The van der Waals surface area contributed by atoms with Gasteiger partial charge in [-0.1, -0.05) is 18.2 Å². The first-order valence-electron chi connectivity index (χ1n) is 4.93. The molecule has 0 radical (unpaired) electrons. The van der Waals surface area contributed by atoms with E-state index < -0.39 is 5.97 Å². The minimum absolute atomic E-state index is 0.0912. The summed E-state index contributed by atoms with van der Waals surface area (Å²) in [5.41, 5.74) is 0.618. The van der Waals surface area contributed by atoms with Gasteiger partial charge in [0.15, 0.2) is 0 Å². The minimum Gasteiger partial charge on any atom is -0.465 e. The quantitative estimate of drug-likeness (QED) is 0.449. The Morgan fingerprint density at radius 1 is 1.47 bits per heavy atom. The summed E-state index contributed by atoms with van der Waals surface area (Å²) in [6.45, 7) is 0. The summed E-state index contributed by atoms with van der Waals surface area (Å²) >= 11 is 0. The zero-order chi connectivity index (χ0) is 12.3. The van der Waals surface area contributed by atoms with Crippen LogP contribution in [0.4, 0.5) is 0 Å². The smallest absolute Gasteiger partial charge is 0.348 e. The molecule has 0 saturated heterocycles. The normalized spacial score (nSPS) is 11.2. The van der Waals surface area contributed by atoms with Gasteiger partial charge in [0.1, 0.15) is 23.0 Å². The lowest BCUT2D eigenvalue weighted by atomic mass is 10.2. The Bertz CT molecular complexity index is 598. The average Bonchev–Trinajstić information content (AvgIpc) is 2.77. The number of ether oxygens (including phenoxy) is 1. The Morgan fingerprint density at radius 3 is 2.88 bits per heavy atom. The number of carbonyl (C=O) groups excluding carboxylic acids is 1. The highest BCUT2D eigenvalue weighted by Gasteiger charge is 2.10. The van der Waals surface area contributed by atoms with E-state index in [-0.39, 0.29) is 5.57 Å². The van der Waals surface area contributed by atoms with Crippen molar-refractivity contribution in [1.29, 1.82) is 5.26 Å². The van der Waals surface area contributed by atoms with E-state index in [1.54, 1.807) is 12.1 Å². The van der Waals surface area contributed by atoms with Gasteiger partial charge in [-0.25, -0.2) is 4.79 Å². The fourth-order valence-corrected chi connectivity index (χ4v) is 1.46. The van der Waals surface area contributed by atoms with Gasteiger partial charge < -0.3 is 9.15 Å². The second-order valence-electron chi connectivity index (χ2n) is 3.35. The van der Waals surface area contributed by atoms with E-state index in [2.05, 4.69) is 4.74 Å². The third-order valence-electron chi connectivity index (χ3n) is 2.26. The number of hydrogen-bond acceptors (Lipinski definition) is 4. The predicted molar refractivity (Wildman–Crippen MR) is 61.8 cm³/mol. The summed E-state index contributed by atoms with van der Waals surface area (Å²) in [7, 11) is 1.23. The van der Waals surface area contributed by atoms with Crippen molar-refractivity contribution in [2.24, 2.45) is 0 Å². The molecular weight excluding hydrogens is 218 g/mol. The molecule has 0 saturated carbocycles. The van der Waals surface area contributed by atoms with Crippen molar-refractivity contribution in [3.63, 3.8) is 0 Å². The third-order valence-corrected chi connectivity index (χ3v) is 2.26. The number of rotatable bonds is 2. The molecule has 1 heterocycles. The molecule has 0 fully saturated rings. The van der Waals surface area contributed by atoms with Crippen LogP contribution in [0.15, 0.2) is 40.3 Å². The number of furan rings is 1. The molecule has 0 aliphatic rings. The fraction of sp³-hybridized carbons (Fsp3) is 0.0769. The van der Waals surface area contributed by atoms with Crippen LogP contribution in [0, 0.1) is 11.3 Å². The monoisotopic (exact) mass is 227 g/mol. The van der Waals surface area contributed by atoms with Gasteiger partial charge in [0, 0.05) is 11.5 Å². The lowest BCUT2D eigenvalue weighted by Crippen LogP contribution is -2.02. The number of esters is 1. The zero-order valence-electron chi connectivity index (χ0n) is 9.14. The Morgan fingerprint density at radius 2 is 2.24 bits per heavy atom. The van der Waals surface area contributed by atoms with Crippen molar-refractivity contribution in [2.75, 3.05) is 7.11 Å². The molecular formula is C13H9NO3. The highest BCUT2D eigenvalue weighted by Crippen LogP contribution is 2.20. The Hall–Kier alpha value is -2.54. The molecule has 0 bridgehead atoms. The molecule has 0 aliphatic carbocycles. The molecule has 0 spiro atoms. The van der Waals surface area contributed by atoms with Gasteiger partial charge in [0.05, 0.1) is 7.11 Å². The first-order valence-corrected chi connectivity index (χ1v) is 4.93. The van der Waals surface area contributed by atoms with Crippen molar-refractivity contribution in [3.05, 3.63) is 41.7 Å². The van der Waals surface area contributed by atoms with Crippen molar-refractivity contribution >= 4 is 23.0 Å². The highest BCUT2D eigenvalue weighted by atomic mass is 16.5.